The van der Waals surface area contributed by atoms with Crippen LogP contribution in [0.25, 0.3) is 10.6 Å². The van der Waals surface area contributed by atoms with Crippen LogP contribution in [0.4, 0.5) is 0 Å². The van der Waals surface area contributed by atoms with Gasteiger partial charge in [0.05, 0.1) is 10.7 Å². The van der Waals surface area contributed by atoms with E-state index in [9.17, 15) is 0 Å². The van der Waals surface area contributed by atoms with Crippen LogP contribution in [0.15, 0.2) is 24.3 Å². The van der Waals surface area contributed by atoms with Crippen molar-refractivity contribution in [1.29, 1.82) is 0 Å². The van der Waals surface area contributed by atoms with Crippen LogP contribution in [-0.4, -0.2) is 11.5 Å². The number of thiazole rings is 1. The lowest BCUT2D eigenvalue weighted by molar-refractivity contribution is 0.561. The molecule has 20 heavy (non-hydrogen) atoms. The quantitative estimate of drug-likeness (QED) is 0.871. The predicted molar refractivity (Wildman–Crippen MR) is 88.6 cm³/mol. The van der Waals surface area contributed by atoms with E-state index < -0.39 is 0 Å². The van der Waals surface area contributed by atoms with E-state index in [0.717, 1.165) is 28.7 Å². The van der Waals surface area contributed by atoms with Gasteiger partial charge in [0.25, 0.3) is 0 Å². The molecule has 2 nitrogen and oxygen atoms in total. The molecule has 0 aliphatic heterocycles. The Kier molecular flexibility index (Phi) is 4.84. The molecule has 0 radical (unpaired) electrons. The molecule has 0 aliphatic carbocycles. The second-order valence-corrected chi connectivity index (χ2v) is 7.29. The summed E-state index contributed by atoms with van der Waals surface area (Å²) in [6.45, 7) is 10.6. The SMILES string of the molecule is CCNCc1sc(-c2ccccc2Cl)nc1C(C)(C)C. The van der Waals surface area contributed by atoms with Gasteiger partial charge in [-0.05, 0) is 12.6 Å². The summed E-state index contributed by atoms with van der Waals surface area (Å²) in [7, 11) is 0. The van der Waals surface area contributed by atoms with Gasteiger partial charge in [0.1, 0.15) is 5.01 Å². The summed E-state index contributed by atoms with van der Waals surface area (Å²) in [5.41, 5.74) is 2.23. The molecule has 1 aromatic carbocycles. The number of hydrogen-bond acceptors (Lipinski definition) is 3. The second kappa shape index (κ2) is 6.25. The normalized spacial score (nSPS) is 11.8. The van der Waals surface area contributed by atoms with E-state index in [0.29, 0.717) is 0 Å². The van der Waals surface area contributed by atoms with Crippen LogP contribution >= 0.6 is 22.9 Å². The van der Waals surface area contributed by atoms with Crippen LogP contribution in [0.3, 0.4) is 0 Å². The Balaban J connectivity index is 2.46. The van der Waals surface area contributed by atoms with Gasteiger partial charge in [-0.25, -0.2) is 4.98 Å². The topological polar surface area (TPSA) is 24.9 Å². The maximum atomic E-state index is 6.29. The van der Waals surface area contributed by atoms with Gasteiger partial charge < -0.3 is 5.32 Å². The van der Waals surface area contributed by atoms with Crippen molar-refractivity contribution in [1.82, 2.24) is 10.3 Å². The van der Waals surface area contributed by atoms with Gasteiger partial charge in [-0.3, -0.25) is 0 Å². The molecular weight excluding hydrogens is 288 g/mol. The van der Waals surface area contributed by atoms with Gasteiger partial charge in [-0.15, -0.1) is 11.3 Å². The van der Waals surface area contributed by atoms with Crippen molar-refractivity contribution >= 4 is 22.9 Å². The molecule has 0 atom stereocenters. The average molecular weight is 309 g/mol. The highest BCUT2D eigenvalue weighted by Gasteiger charge is 2.23. The molecule has 1 heterocycles. The monoisotopic (exact) mass is 308 g/mol. The number of halogens is 1. The number of aromatic nitrogens is 1. The van der Waals surface area contributed by atoms with Crippen molar-refractivity contribution in [2.24, 2.45) is 0 Å². The van der Waals surface area contributed by atoms with Crippen LogP contribution in [0.2, 0.25) is 5.02 Å². The van der Waals surface area contributed by atoms with E-state index in [-0.39, 0.29) is 5.41 Å². The van der Waals surface area contributed by atoms with Crippen LogP contribution < -0.4 is 5.32 Å². The second-order valence-electron chi connectivity index (χ2n) is 5.80. The molecule has 0 amide bonds. The molecule has 108 valence electrons. The van der Waals surface area contributed by atoms with Gasteiger partial charge in [0.15, 0.2) is 0 Å². The first-order valence-corrected chi connectivity index (χ1v) is 8.08. The summed E-state index contributed by atoms with van der Waals surface area (Å²) < 4.78 is 0. The number of nitrogens with zero attached hydrogens (tertiary/aromatic N) is 1. The molecule has 1 aromatic heterocycles. The fourth-order valence-electron chi connectivity index (χ4n) is 2.05. The lowest BCUT2D eigenvalue weighted by atomic mass is 9.91. The highest BCUT2D eigenvalue weighted by Crippen LogP contribution is 2.36. The molecule has 1 N–H and O–H groups in total. The third kappa shape index (κ3) is 3.40. The van der Waals surface area contributed by atoms with Crippen molar-refractivity contribution in [3.8, 4) is 10.6 Å². The van der Waals surface area contributed by atoms with E-state index in [4.69, 9.17) is 16.6 Å². The highest BCUT2D eigenvalue weighted by atomic mass is 35.5. The fraction of sp³-hybridized carbons (Fsp3) is 0.438. The lowest BCUT2D eigenvalue weighted by Gasteiger charge is -2.17. The van der Waals surface area contributed by atoms with Crippen molar-refractivity contribution in [3.63, 3.8) is 0 Å². The molecule has 0 aliphatic rings. The van der Waals surface area contributed by atoms with Crippen LogP contribution in [0.5, 0.6) is 0 Å². The molecule has 4 heteroatoms. The van der Waals surface area contributed by atoms with E-state index >= 15 is 0 Å². The van der Waals surface area contributed by atoms with Crippen molar-refractivity contribution in [2.75, 3.05) is 6.54 Å². The fourth-order valence-corrected chi connectivity index (χ4v) is 3.61. The Labute approximate surface area is 130 Å². The Morgan fingerprint density at radius 1 is 1.25 bits per heavy atom. The first-order chi connectivity index (χ1) is 9.43. The Morgan fingerprint density at radius 3 is 2.55 bits per heavy atom. The third-order valence-electron chi connectivity index (χ3n) is 3.05. The summed E-state index contributed by atoms with van der Waals surface area (Å²) in [5, 5.41) is 5.16. The summed E-state index contributed by atoms with van der Waals surface area (Å²) in [6, 6.07) is 7.90. The number of benzene rings is 1. The van der Waals surface area contributed by atoms with Crippen molar-refractivity contribution in [3.05, 3.63) is 39.9 Å². The maximum absolute atomic E-state index is 6.29. The van der Waals surface area contributed by atoms with Crippen LogP contribution in [0, 0.1) is 0 Å². The molecule has 0 bridgehead atoms. The Bertz CT molecular complexity index is 584. The van der Waals surface area contributed by atoms with E-state index in [1.54, 1.807) is 11.3 Å². The third-order valence-corrected chi connectivity index (χ3v) is 4.47. The molecule has 2 aromatic rings. The smallest absolute Gasteiger partial charge is 0.125 e. The molecular formula is C16H21ClN2S. The van der Waals surface area contributed by atoms with Gasteiger partial charge >= 0.3 is 0 Å². The zero-order valence-electron chi connectivity index (χ0n) is 12.5. The highest BCUT2D eigenvalue weighted by molar-refractivity contribution is 7.15. The van der Waals surface area contributed by atoms with Gasteiger partial charge in [-0.1, -0.05) is 57.5 Å². The van der Waals surface area contributed by atoms with Crippen molar-refractivity contribution in [2.45, 2.75) is 39.7 Å². The Hall–Kier alpha value is -0.900. The average Bonchev–Trinajstić information content (AvgIpc) is 2.80. The summed E-state index contributed by atoms with van der Waals surface area (Å²) >= 11 is 8.03. The van der Waals surface area contributed by atoms with E-state index in [1.165, 1.54) is 10.6 Å². The predicted octanol–water partition coefficient (Wildman–Crippen LogP) is 4.87. The van der Waals surface area contributed by atoms with E-state index in [2.05, 4.69) is 33.0 Å². The molecule has 2 rings (SSSR count). The van der Waals surface area contributed by atoms with Crippen LogP contribution in [-0.2, 0) is 12.0 Å². The molecule has 0 saturated heterocycles. The first-order valence-electron chi connectivity index (χ1n) is 6.89. The number of hydrogen-bond donors (Lipinski definition) is 1. The van der Waals surface area contributed by atoms with Crippen molar-refractivity contribution < 1.29 is 0 Å². The molecule has 0 fully saturated rings. The minimum Gasteiger partial charge on any atom is -0.312 e. The Morgan fingerprint density at radius 2 is 1.95 bits per heavy atom. The zero-order chi connectivity index (χ0) is 14.8. The first kappa shape index (κ1) is 15.5. The lowest BCUT2D eigenvalue weighted by Crippen LogP contribution is -2.18. The molecule has 0 unspecified atom stereocenters. The van der Waals surface area contributed by atoms with Gasteiger partial charge in [0, 0.05) is 22.4 Å². The minimum absolute atomic E-state index is 0.0424. The molecule has 0 spiro atoms. The zero-order valence-corrected chi connectivity index (χ0v) is 14.0. The molecule has 0 saturated carbocycles. The van der Waals surface area contributed by atoms with Gasteiger partial charge in [-0.2, -0.15) is 0 Å². The summed E-state index contributed by atoms with van der Waals surface area (Å²) in [6.07, 6.45) is 0. The summed E-state index contributed by atoms with van der Waals surface area (Å²) in [5.74, 6) is 0. The maximum Gasteiger partial charge on any atom is 0.125 e. The van der Waals surface area contributed by atoms with E-state index in [1.807, 2.05) is 24.3 Å². The van der Waals surface area contributed by atoms with Gasteiger partial charge in [0.2, 0.25) is 0 Å². The number of nitrogens with one attached hydrogen (secondary N) is 1. The minimum atomic E-state index is 0.0424. The van der Waals surface area contributed by atoms with Crippen LogP contribution in [0.1, 0.15) is 38.3 Å². The standard InChI is InChI=1S/C16H21ClN2S/c1-5-18-10-13-14(16(2,3)4)19-15(20-13)11-8-6-7-9-12(11)17/h6-9,18H,5,10H2,1-4H3. The summed E-state index contributed by atoms with van der Waals surface area (Å²) in [4.78, 5) is 6.16. The number of rotatable bonds is 4. The largest absolute Gasteiger partial charge is 0.312 e.